The zero-order chi connectivity index (χ0) is 11.7. The Hall–Kier alpha value is -0.210. The van der Waals surface area contributed by atoms with Gasteiger partial charge in [0.25, 0.3) is 10.1 Å². The lowest BCUT2D eigenvalue weighted by Crippen LogP contribution is -2.31. The standard InChI is InChI=1S/C8H16O6S/c1-8(2)13-6(4-9)7(14-8)5-12-15(3,10)11/h6-7,9H,4-5H2,1-3H3/t6-,7-/m1/s1. The molecule has 0 bridgehead atoms. The van der Waals surface area contributed by atoms with E-state index in [0.29, 0.717) is 0 Å². The Morgan fingerprint density at radius 3 is 2.33 bits per heavy atom. The maximum absolute atomic E-state index is 10.8. The maximum Gasteiger partial charge on any atom is 0.264 e. The summed E-state index contributed by atoms with van der Waals surface area (Å²) in [5, 5.41) is 8.99. The van der Waals surface area contributed by atoms with Crippen LogP contribution in [0.25, 0.3) is 0 Å². The Kier molecular flexibility index (Phi) is 3.72. The van der Waals surface area contributed by atoms with Gasteiger partial charge in [-0.2, -0.15) is 8.42 Å². The SMILES string of the molecule is CC1(C)O[C@H](CO)[C@@H](COS(C)(=O)=O)O1. The molecule has 0 radical (unpaired) electrons. The van der Waals surface area contributed by atoms with Gasteiger partial charge >= 0.3 is 0 Å². The second-order valence-corrected chi connectivity index (χ2v) is 5.53. The van der Waals surface area contributed by atoms with Crippen LogP contribution in [-0.2, 0) is 23.8 Å². The number of aliphatic hydroxyl groups is 1. The second-order valence-electron chi connectivity index (χ2n) is 3.88. The fraction of sp³-hybridized carbons (Fsp3) is 1.00. The molecular formula is C8H16O6S. The third-order valence-corrected chi connectivity index (χ3v) is 2.48. The van der Waals surface area contributed by atoms with E-state index in [9.17, 15) is 8.42 Å². The first kappa shape index (κ1) is 12.9. The van der Waals surface area contributed by atoms with Crippen LogP contribution in [0.4, 0.5) is 0 Å². The summed E-state index contributed by atoms with van der Waals surface area (Å²) in [4.78, 5) is 0. The summed E-state index contributed by atoms with van der Waals surface area (Å²) in [5.74, 6) is -0.821. The Morgan fingerprint density at radius 2 is 1.87 bits per heavy atom. The predicted molar refractivity (Wildman–Crippen MR) is 51.7 cm³/mol. The Balaban J connectivity index is 2.54. The molecule has 0 amide bonds. The van der Waals surface area contributed by atoms with E-state index < -0.39 is 28.1 Å². The zero-order valence-corrected chi connectivity index (χ0v) is 9.78. The van der Waals surface area contributed by atoms with Crippen LogP contribution in [0.1, 0.15) is 13.8 Å². The van der Waals surface area contributed by atoms with Gasteiger partial charge in [-0.05, 0) is 13.8 Å². The van der Waals surface area contributed by atoms with Gasteiger partial charge in [0.15, 0.2) is 5.79 Å². The molecule has 90 valence electrons. The van der Waals surface area contributed by atoms with E-state index in [0.717, 1.165) is 6.26 Å². The van der Waals surface area contributed by atoms with E-state index in [1.165, 1.54) is 0 Å². The number of hydrogen-bond acceptors (Lipinski definition) is 6. The highest BCUT2D eigenvalue weighted by Gasteiger charge is 2.41. The first-order valence-corrected chi connectivity index (χ1v) is 6.36. The van der Waals surface area contributed by atoms with Gasteiger partial charge in [0, 0.05) is 0 Å². The molecular weight excluding hydrogens is 224 g/mol. The molecule has 6 nitrogen and oxygen atoms in total. The zero-order valence-electron chi connectivity index (χ0n) is 8.97. The van der Waals surface area contributed by atoms with E-state index >= 15 is 0 Å². The van der Waals surface area contributed by atoms with Crippen molar-refractivity contribution < 1.29 is 27.2 Å². The number of aliphatic hydroxyl groups excluding tert-OH is 1. The number of hydrogen-bond donors (Lipinski definition) is 1. The minimum Gasteiger partial charge on any atom is -0.394 e. The van der Waals surface area contributed by atoms with Gasteiger partial charge in [-0.25, -0.2) is 0 Å². The molecule has 1 aliphatic heterocycles. The van der Waals surface area contributed by atoms with Crippen molar-refractivity contribution in [1.82, 2.24) is 0 Å². The van der Waals surface area contributed by atoms with Crippen LogP contribution in [0.2, 0.25) is 0 Å². The first-order valence-electron chi connectivity index (χ1n) is 4.54. The average molecular weight is 240 g/mol. The Bertz CT molecular complexity index is 309. The molecule has 7 heteroatoms. The van der Waals surface area contributed by atoms with Crippen LogP contribution in [0.3, 0.4) is 0 Å². The molecule has 1 N–H and O–H groups in total. The normalized spacial score (nSPS) is 30.7. The van der Waals surface area contributed by atoms with Gasteiger partial charge in [0.05, 0.1) is 19.5 Å². The second kappa shape index (κ2) is 4.34. The van der Waals surface area contributed by atoms with E-state index in [1.54, 1.807) is 13.8 Å². The lowest BCUT2D eigenvalue weighted by Gasteiger charge is -2.16. The molecule has 0 saturated carbocycles. The summed E-state index contributed by atoms with van der Waals surface area (Å²) in [6.07, 6.45) is -0.163. The monoisotopic (exact) mass is 240 g/mol. The van der Waals surface area contributed by atoms with Gasteiger partial charge in [-0.3, -0.25) is 4.18 Å². The summed E-state index contributed by atoms with van der Waals surface area (Å²) in [6.45, 7) is 3.00. The fourth-order valence-electron chi connectivity index (χ4n) is 1.40. The summed E-state index contributed by atoms with van der Waals surface area (Å²) in [5.41, 5.74) is 0. The van der Waals surface area contributed by atoms with Crippen molar-refractivity contribution in [3.63, 3.8) is 0 Å². The van der Waals surface area contributed by atoms with E-state index in [2.05, 4.69) is 4.18 Å². The van der Waals surface area contributed by atoms with Crippen molar-refractivity contribution in [1.29, 1.82) is 0 Å². The predicted octanol–water partition coefficient (Wildman–Crippen LogP) is -0.525. The van der Waals surface area contributed by atoms with Crippen LogP contribution in [0.5, 0.6) is 0 Å². The highest BCUT2D eigenvalue weighted by Crippen LogP contribution is 2.28. The third-order valence-electron chi connectivity index (χ3n) is 1.91. The highest BCUT2D eigenvalue weighted by atomic mass is 32.2. The molecule has 0 aromatic rings. The molecule has 0 spiro atoms. The molecule has 1 heterocycles. The molecule has 1 aliphatic rings. The number of ether oxygens (including phenoxy) is 2. The molecule has 0 aliphatic carbocycles. The van der Waals surface area contributed by atoms with Gasteiger partial charge in [0.2, 0.25) is 0 Å². The lowest BCUT2D eigenvalue weighted by molar-refractivity contribution is -0.150. The fourth-order valence-corrected chi connectivity index (χ4v) is 1.78. The van der Waals surface area contributed by atoms with E-state index in [1.807, 2.05) is 0 Å². The van der Waals surface area contributed by atoms with Crippen molar-refractivity contribution in [3.05, 3.63) is 0 Å². The molecule has 2 atom stereocenters. The molecule has 0 aromatic heterocycles. The van der Waals surface area contributed by atoms with Crippen LogP contribution in [-0.4, -0.2) is 51.0 Å². The van der Waals surface area contributed by atoms with Crippen molar-refractivity contribution in [2.45, 2.75) is 31.8 Å². The molecule has 0 aromatic carbocycles. The summed E-state index contributed by atoms with van der Waals surface area (Å²) in [6, 6.07) is 0. The van der Waals surface area contributed by atoms with E-state index in [4.69, 9.17) is 14.6 Å². The smallest absolute Gasteiger partial charge is 0.264 e. The van der Waals surface area contributed by atoms with Crippen molar-refractivity contribution in [2.24, 2.45) is 0 Å². The van der Waals surface area contributed by atoms with Crippen LogP contribution >= 0.6 is 0 Å². The van der Waals surface area contributed by atoms with E-state index in [-0.39, 0.29) is 13.2 Å². The average Bonchev–Trinajstić information content (AvgIpc) is 2.36. The van der Waals surface area contributed by atoms with Gasteiger partial charge in [-0.15, -0.1) is 0 Å². The summed E-state index contributed by atoms with van der Waals surface area (Å²) < 4.78 is 36.8. The minimum atomic E-state index is -3.50. The van der Waals surface area contributed by atoms with Gasteiger partial charge in [0.1, 0.15) is 12.2 Å². The first-order chi connectivity index (χ1) is 6.73. The van der Waals surface area contributed by atoms with Crippen LogP contribution in [0, 0.1) is 0 Å². The summed E-state index contributed by atoms with van der Waals surface area (Å²) >= 11 is 0. The van der Waals surface area contributed by atoms with Crippen molar-refractivity contribution in [3.8, 4) is 0 Å². The summed E-state index contributed by atoms with van der Waals surface area (Å²) in [7, 11) is -3.50. The van der Waals surface area contributed by atoms with Crippen LogP contribution in [0.15, 0.2) is 0 Å². The highest BCUT2D eigenvalue weighted by molar-refractivity contribution is 7.85. The lowest BCUT2D eigenvalue weighted by atomic mass is 10.2. The molecule has 1 rings (SSSR count). The molecule has 0 unspecified atom stereocenters. The minimum absolute atomic E-state index is 0.145. The van der Waals surface area contributed by atoms with Gasteiger partial charge < -0.3 is 14.6 Å². The maximum atomic E-state index is 10.8. The van der Waals surface area contributed by atoms with Crippen LogP contribution < -0.4 is 0 Å². The molecule has 1 fully saturated rings. The van der Waals surface area contributed by atoms with Crippen molar-refractivity contribution in [2.75, 3.05) is 19.5 Å². The Morgan fingerprint density at radius 1 is 1.33 bits per heavy atom. The number of rotatable bonds is 4. The molecule has 1 saturated heterocycles. The van der Waals surface area contributed by atoms with Crippen molar-refractivity contribution >= 4 is 10.1 Å². The topological polar surface area (TPSA) is 82.1 Å². The molecule has 15 heavy (non-hydrogen) atoms. The quantitative estimate of drug-likeness (QED) is 0.665. The third kappa shape index (κ3) is 4.04. The Labute approximate surface area is 89.3 Å². The largest absolute Gasteiger partial charge is 0.394 e. The van der Waals surface area contributed by atoms with Gasteiger partial charge in [-0.1, -0.05) is 0 Å².